The van der Waals surface area contributed by atoms with E-state index in [-0.39, 0.29) is 28.3 Å². The number of fused-ring (bicyclic) bond motifs is 2. The average molecular weight is 465 g/mol. The zero-order chi connectivity index (χ0) is 19.6. The van der Waals surface area contributed by atoms with Gasteiger partial charge in [-0.3, -0.25) is 9.89 Å². The zero-order valence-corrected chi connectivity index (χ0v) is 16.9. The molecular weight excluding hydrogens is 449 g/mol. The molecule has 2 fully saturated rings. The van der Waals surface area contributed by atoms with Crippen molar-refractivity contribution in [3.8, 4) is 0 Å². The molecule has 1 amide bonds. The lowest BCUT2D eigenvalue weighted by Gasteiger charge is -2.27. The summed E-state index contributed by atoms with van der Waals surface area (Å²) < 4.78 is 13.6. The summed E-state index contributed by atoms with van der Waals surface area (Å²) in [5.41, 5.74) is 0.998. The number of aromatic amines is 1. The van der Waals surface area contributed by atoms with E-state index >= 15 is 0 Å². The number of nitrogens with zero attached hydrogens (tertiary/aromatic N) is 1. The van der Waals surface area contributed by atoms with E-state index in [2.05, 4.69) is 31.4 Å². The Morgan fingerprint density at radius 3 is 2.79 bits per heavy atom. The van der Waals surface area contributed by atoms with Gasteiger partial charge in [-0.15, -0.1) is 0 Å². The molecule has 0 saturated heterocycles. The van der Waals surface area contributed by atoms with Gasteiger partial charge in [-0.25, -0.2) is 4.39 Å². The quantitative estimate of drug-likeness (QED) is 0.545. The molecule has 2 aliphatic rings. The Bertz CT molecular complexity index is 1110. The minimum atomic E-state index is -0.984. The van der Waals surface area contributed by atoms with E-state index in [9.17, 15) is 14.3 Å². The van der Waals surface area contributed by atoms with Crippen LogP contribution in [0.2, 0.25) is 5.02 Å². The standard InChI is InChI=1S/C20H16BrClFN3O2/c21-15-3-9(1-2-16(15)23)19(27)25-18-11-6-20(28,7-12(11)18)14-4-10(22)5-17-13(14)8-24-26-17/h1-5,8,11-12,18,28H,6-7H2,(H,24,26)(H,25,27)/t11-,12+,18?,20?. The molecule has 5 rings (SSSR count). The third-order valence-electron chi connectivity index (χ3n) is 5.98. The molecule has 3 N–H and O–H groups in total. The molecule has 0 spiro atoms. The predicted octanol–water partition coefficient (Wildman–Crippen LogP) is 4.14. The van der Waals surface area contributed by atoms with Gasteiger partial charge in [0.15, 0.2) is 0 Å². The summed E-state index contributed by atoms with van der Waals surface area (Å²) in [6, 6.07) is 7.81. The first kappa shape index (κ1) is 18.1. The van der Waals surface area contributed by atoms with Gasteiger partial charge >= 0.3 is 0 Å². The van der Waals surface area contributed by atoms with Crippen molar-refractivity contribution in [2.75, 3.05) is 0 Å². The molecule has 1 aromatic heterocycles. The van der Waals surface area contributed by atoms with Crippen molar-refractivity contribution >= 4 is 44.3 Å². The number of aromatic nitrogens is 2. The summed E-state index contributed by atoms with van der Waals surface area (Å²) in [4.78, 5) is 12.5. The van der Waals surface area contributed by atoms with Crippen LogP contribution in [0.15, 0.2) is 41.0 Å². The van der Waals surface area contributed by atoms with Crippen LogP contribution in [-0.2, 0) is 5.60 Å². The number of aliphatic hydroxyl groups is 1. The maximum atomic E-state index is 13.4. The van der Waals surface area contributed by atoms with Crippen LogP contribution in [0.1, 0.15) is 28.8 Å². The van der Waals surface area contributed by atoms with E-state index < -0.39 is 11.4 Å². The number of hydrogen-bond acceptors (Lipinski definition) is 3. The van der Waals surface area contributed by atoms with Gasteiger partial charge in [-0.05, 0) is 76.5 Å². The monoisotopic (exact) mass is 463 g/mol. The maximum Gasteiger partial charge on any atom is 0.251 e. The van der Waals surface area contributed by atoms with Crippen molar-refractivity contribution in [3.63, 3.8) is 0 Å². The van der Waals surface area contributed by atoms with Gasteiger partial charge in [0, 0.05) is 22.0 Å². The Balaban J connectivity index is 1.32. The van der Waals surface area contributed by atoms with Crippen LogP contribution < -0.4 is 5.32 Å². The number of hydrogen-bond donors (Lipinski definition) is 3. The second-order valence-electron chi connectivity index (χ2n) is 7.68. The van der Waals surface area contributed by atoms with Gasteiger partial charge in [-0.2, -0.15) is 5.10 Å². The second-order valence-corrected chi connectivity index (χ2v) is 8.97. The molecule has 2 saturated carbocycles. The zero-order valence-electron chi connectivity index (χ0n) is 14.5. The van der Waals surface area contributed by atoms with Crippen LogP contribution in [0.25, 0.3) is 10.9 Å². The molecule has 3 aromatic rings. The van der Waals surface area contributed by atoms with Gasteiger partial charge in [0.25, 0.3) is 5.91 Å². The maximum absolute atomic E-state index is 13.4. The third-order valence-corrected chi connectivity index (χ3v) is 6.81. The first-order chi connectivity index (χ1) is 13.4. The number of halogens is 3. The number of carbonyl (C=O) groups excluding carboxylic acids is 1. The van der Waals surface area contributed by atoms with Gasteiger partial charge in [0.2, 0.25) is 0 Å². The molecule has 1 heterocycles. The Kier molecular flexibility index (Phi) is 4.05. The van der Waals surface area contributed by atoms with Crippen LogP contribution in [0, 0.1) is 17.7 Å². The molecule has 0 aliphatic heterocycles. The minimum absolute atomic E-state index is 0.0237. The highest BCUT2D eigenvalue weighted by Gasteiger charge is 2.62. The normalized spacial score (nSPS) is 28.4. The Morgan fingerprint density at radius 2 is 2.07 bits per heavy atom. The Morgan fingerprint density at radius 1 is 1.32 bits per heavy atom. The minimum Gasteiger partial charge on any atom is -0.385 e. The van der Waals surface area contributed by atoms with Crippen LogP contribution in [0.4, 0.5) is 4.39 Å². The summed E-state index contributed by atoms with van der Waals surface area (Å²) in [6.07, 6.45) is 2.81. The van der Waals surface area contributed by atoms with E-state index in [1.165, 1.54) is 18.2 Å². The fourth-order valence-corrected chi connectivity index (χ4v) is 5.17. The number of H-pyrrole nitrogens is 1. The number of carbonyl (C=O) groups is 1. The fourth-order valence-electron chi connectivity index (χ4n) is 4.57. The van der Waals surface area contributed by atoms with Crippen molar-refractivity contribution in [2.45, 2.75) is 24.5 Å². The molecule has 5 nitrogen and oxygen atoms in total. The van der Waals surface area contributed by atoms with Crippen molar-refractivity contribution in [2.24, 2.45) is 11.8 Å². The summed E-state index contributed by atoms with van der Waals surface area (Å²) in [5, 5.41) is 22.7. The summed E-state index contributed by atoms with van der Waals surface area (Å²) in [5.74, 6) is -0.224. The molecule has 8 heteroatoms. The topological polar surface area (TPSA) is 78.0 Å². The van der Waals surface area contributed by atoms with Crippen LogP contribution in [0.5, 0.6) is 0 Å². The molecular formula is C20H16BrClFN3O2. The number of rotatable bonds is 3. The number of benzene rings is 2. The van der Waals surface area contributed by atoms with E-state index in [1.54, 1.807) is 18.3 Å². The van der Waals surface area contributed by atoms with Gasteiger partial charge < -0.3 is 10.4 Å². The average Bonchev–Trinajstić information content (AvgIpc) is 3.03. The van der Waals surface area contributed by atoms with Crippen LogP contribution in [0.3, 0.4) is 0 Å². The molecule has 4 atom stereocenters. The highest BCUT2D eigenvalue weighted by molar-refractivity contribution is 9.10. The lowest BCUT2D eigenvalue weighted by molar-refractivity contribution is 0.0293. The largest absolute Gasteiger partial charge is 0.385 e. The molecule has 2 aliphatic carbocycles. The smallest absolute Gasteiger partial charge is 0.251 e. The summed E-state index contributed by atoms with van der Waals surface area (Å²) in [7, 11) is 0. The van der Waals surface area contributed by atoms with Crippen molar-refractivity contribution < 1.29 is 14.3 Å². The van der Waals surface area contributed by atoms with E-state index in [0.29, 0.717) is 23.4 Å². The highest BCUT2D eigenvalue weighted by Crippen LogP contribution is 2.60. The lowest BCUT2D eigenvalue weighted by Crippen LogP contribution is -2.33. The lowest BCUT2D eigenvalue weighted by atomic mass is 9.86. The van der Waals surface area contributed by atoms with Crippen molar-refractivity contribution in [1.29, 1.82) is 0 Å². The molecule has 2 unspecified atom stereocenters. The molecule has 144 valence electrons. The SMILES string of the molecule is O=C(NC1[C@H]2CC(O)(c3cc(Cl)cc4[nH]ncc34)C[C@@H]12)c1ccc(F)c(Br)c1. The molecule has 28 heavy (non-hydrogen) atoms. The Hall–Kier alpha value is -1.96. The third kappa shape index (κ3) is 2.84. The molecule has 0 radical (unpaired) electrons. The highest BCUT2D eigenvalue weighted by atomic mass is 79.9. The number of nitrogens with one attached hydrogen (secondary N) is 2. The van der Waals surface area contributed by atoms with Gasteiger partial charge in [0.05, 0.1) is 21.8 Å². The van der Waals surface area contributed by atoms with Gasteiger partial charge in [0.1, 0.15) is 5.82 Å². The van der Waals surface area contributed by atoms with Gasteiger partial charge in [-0.1, -0.05) is 11.6 Å². The molecule has 2 aromatic carbocycles. The van der Waals surface area contributed by atoms with Crippen molar-refractivity contribution in [1.82, 2.24) is 15.5 Å². The van der Waals surface area contributed by atoms with Crippen LogP contribution >= 0.6 is 27.5 Å². The summed E-state index contributed by atoms with van der Waals surface area (Å²) in [6.45, 7) is 0. The fraction of sp³-hybridized carbons (Fsp3) is 0.300. The first-order valence-electron chi connectivity index (χ1n) is 8.97. The number of amides is 1. The van der Waals surface area contributed by atoms with E-state index in [4.69, 9.17) is 11.6 Å². The second kappa shape index (κ2) is 6.27. The molecule has 0 bridgehead atoms. The Labute approximate surface area is 173 Å². The summed E-state index contributed by atoms with van der Waals surface area (Å²) >= 11 is 9.31. The predicted molar refractivity (Wildman–Crippen MR) is 107 cm³/mol. The van der Waals surface area contributed by atoms with Crippen LogP contribution in [-0.4, -0.2) is 27.3 Å². The first-order valence-corrected chi connectivity index (χ1v) is 10.1. The van der Waals surface area contributed by atoms with Crippen molar-refractivity contribution in [3.05, 3.63) is 63.0 Å². The van der Waals surface area contributed by atoms with E-state index in [1.807, 2.05) is 0 Å². The van der Waals surface area contributed by atoms with E-state index in [0.717, 1.165) is 16.5 Å².